The summed E-state index contributed by atoms with van der Waals surface area (Å²) in [6, 6.07) is 0. The van der Waals surface area contributed by atoms with Gasteiger partial charge in [-0.3, -0.25) is 0 Å². The van der Waals surface area contributed by atoms with E-state index in [-0.39, 0.29) is 11.2 Å². The maximum absolute atomic E-state index is 5.70. The quantitative estimate of drug-likeness (QED) is 0.813. The van der Waals surface area contributed by atoms with E-state index in [4.69, 9.17) is 17.3 Å². The highest BCUT2D eigenvalue weighted by molar-refractivity contribution is 6.28. The van der Waals surface area contributed by atoms with Gasteiger partial charge < -0.3 is 15.5 Å². The molecule has 6 nitrogen and oxygen atoms in total. The zero-order chi connectivity index (χ0) is 12.1. The minimum atomic E-state index is 0.127. The van der Waals surface area contributed by atoms with E-state index in [9.17, 15) is 0 Å². The van der Waals surface area contributed by atoms with Crippen LogP contribution >= 0.6 is 11.6 Å². The molecule has 1 aromatic heterocycles. The SMILES string of the molecule is CN(C)CCCN(C)c1nc(N)nc(Cl)n1. The normalized spacial score (nSPS) is 10.8. The zero-order valence-electron chi connectivity index (χ0n) is 9.81. The molecule has 0 saturated heterocycles. The fourth-order valence-corrected chi connectivity index (χ4v) is 1.41. The number of nitrogens with zero attached hydrogens (tertiary/aromatic N) is 5. The van der Waals surface area contributed by atoms with Gasteiger partial charge in [0.15, 0.2) is 0 Å². The number of aromatic nitrogens is 3. The molecule has 1 aromatic rings. The summed E-state index contributed by atoms with van der Waals surface area (Å²) in [5.41, 5.74) is 5.49. The molecule has 7 heteroatoms. The molecule has 0 radical (unpaired) electrons. The van der Waals surface area contributed by atoms with Crippen LogP contribution in [0, 0.1) is 0 Å². The summed E-state index contributed by atoms with van der Waals surface area (Å²) in [5, 5.41) is 0.127. The first-order chi connectivity index (χ1) is 7.49. The number of halogens is 1. The molecule has 0 aliphatic heterocycles. The Bertz CT molecular complexity index is 323. The van der Waals surface area contributed by atoms with Crippen LogP contribution in [0.15, 0.2) is 0 Å². The Balaban J connectivity index is 2.55. The molecular formula is C9H17ClN6. The number of anilines is 2. The van der Waals surface area contributed by atoms with Crippen LogP contribution in [0.5, 0.6) is 0 Å². The third-order valence-electron chi connectivity index (χ3n) is 2.05. The molecule has 1 rings (SSSR count). The number of rotatable bonds is 5. The second-order valence-corrected chi connectivity index (χ2v) is 4.18. The zero-order valence-corrected chi connectivity index (χ0v) is 10.6. The van der Waals surface area contributed by atoms with E-state index < -0.39 is 0 Å². The van der Waals surface area contributed by atoms with Crippen LogP contribution in [0.25, 0.3) is 0 Å². The van der Waals surface area contributed by atoms with E-state index >= 15 is 0 Å². The lowest BCUT2D eigenvalue weighted by Gasteiger charge is -2.18. The summed E-state index contributed by atoms with van der Waals surface area (Å²) < 4.78 is 0. The van der Waals surface area contributed by atoms with Gasteiger partial charge in [0, 0.05) is 13.6 Å². The van der Waals surface area contributed by atoms with E-state index in [1.807, 2.05) is 26.0 Å². The Morgan fingerprint density at radius 2 is 1.81 bits per heavy atom. The molecule has 0 atom stereocenters. The highest BCUT2D eigenvalue weighted by atomic mass is 35.5. The van der Waals surface area contributed by atoms with Gasteiger partial charge in [-0.05, 0) is 38.7 Å². The van der Waals surface area contributed by atoms with Crippen LogP contribution in [-0.2, 0) is 0 Å². The molecule has 0 fully saturated rings. The van der Waals surface area contributed by atoms with Crippen molar-refractivity contribution in [3.8, 4) is 0 Å². The van der Waals surface area contributed by atoms with Gasteiger partial charge in [-0.25, -0.2) is 0 Å². The molecule has 0 spiro atoms. The van der Waals surface area contributed by atoms with Crippen LogP contribution in [-0.4, -0.2) is 54.1 Å². The molecule has 1 heterocycles. The van der Waals surface area contributed by atoms with Crippen molar-refractivity contribution < 1.29 is 0 Å². The fourth-order valence-electron chi connectivity index (χ4n) is 1.25. The van der Waals surface area contributed by atoms with E-state index in [1.165, 1.54) is 0 Å². The molecule has 0 unspecified atom stereocenters. The molecule has 0 bridgehead atoms. The van der Waals surface area contributed by atoms with Crippen LogP contribution < -0.4 is 10.6 Å². The van der Waals surface area contributed by atoms with Gasteiger partial charge in [0.05, 0.1) is 0 Å². The second kappa shape index (κ2) is 5.81. The van der Waals surface area contributed by atoms with Crippen molar-refractivity contribution in [2.24, 2.45) is 0 Å². The van der Waals surface area contributed by atoms with Crippen LogP contribution in [0.1, 0.15) is 6.42 Å². The highest BCUT2D eigenvalue weighted by Crippen LogP contribution is 2.10. The van der Waals surface area contributed by atoms with Crippen molar-refractivity contribution in [3.63, 3.8) is 0 Å². The number of nitrogens with two attached hydrogens (primary N) is 1. The third-order valence-corrected chi connectivity index (χ3v) is 2.22. The Kier molecular flexibility index (Phi) is 4.70. The van der Waals surface area contributed by atoms with E-state index in [0.717, 1.165) is 19.5 Å². The Labute approximate surface area is 100 Å². The third kappa shape index (κ3) is 4.16. The van der Waals surface area contributed by atoms with Crippen LogP contribution in [0.3, 0.4) is 0 Å². The van der Waals surface area contributed by atoms with Gasteiger partial charge in [0.2, 0.25) is 17.2 Å². The van der Waals surface area contributed by atoms with E-state index in [0.29, 0.717) is 5.95 Å². The molecule has 0 saturated carbocycles. The summed E-state index contributed by atoms with van der Waals surface area (Å²) in [5.74, 6) is 0.658. The lowest BCUT2D eigenvalue weighted by atomic mass is 10.4. The molecule has 0 amide bonds. The average Bonchev–Trinajstić information content (AvgIpc) is 2.15. The largest absolute Gasteiger partial charge is 0.368 e. The topological polar surface area (TPSA) is 71.2 Å². The highest BCUT2D eigenvalue weighted by Gasteiger charge is 2.07. The van der Waals surface area contributed by atoms with Crippen molar-refractivity contribution in [2.45, 2.75) is 6.42 Å². The van der Waals surface area contributed by atoms with Crippen molar-refractivity contribution in [3.05, 3.63) is 5.28 Å². The average molecular weight is 245 g/mol. The van der Waals surface area contributed by atoms with Crippen molar-refractivity contribution in [1.82, 2.24) is 19.9 Å². The fraction of sp³-hybridized carbons (Fsp3) is 0.667. The van der Waals surface area contributed by atoms with Gasteiger partial charge in [0.25, 0.3) is 0 Å². The van der Waals surface area contributed by atoms with Gasteiger partial charge in [-0.1, -0.05) is 0 Å². The second-order valence-electron chi connectivity index (χ2n) is 3.84. The van der Waals surface area contributed by atoms with Crippen molar-refractivity contribution in [2.75, 3.05) is 44.9 Å². The number of hydrogen-bond donors (Lipinski definition) is 1. The molecule has 0 aliphatic rings. The summed E-state index contributed by atoms with van der Waals surface area (Å²) >= 11 is 5.70. The monoisotopic (exact) mass is 244 g/mol. The van der Waals surface area contributed by atoms with Gasteiger partial charge in [0.1, 0.15) is 0 Å². The predicted octanol–water partition coefficient (Wildman–Crippen LogP) is 0.495. The Hall–Kier alpha value is -1.14. The Morgan fingerprint density at radius 1 is 1.12 bits per heavy atom. The molecule has 90 valence electrons. The molecule has 0 aromatic carbocycles. The van der Waals surface area contributed by atoms with Crippen molar-refractivity contribution in [1.29, 1.82) is 0 Å². The lowest BCUT2D eigenvalue weighted by molar-refractivity contribution is 0.401. The minimum absolute atomic E-state index is 0.127. The van der Waals surface area contributed by atoms with Crippen molar-refractivity contribution >= 4 is 23.5 Å². The first-order valence-corrected chi connectivity index (χ1v) is 5.39. The maximum atomic E-state index is 5.70. The summed E-state index contributed by atoms with van der Waals surface area (Å²) in [4.78, 5) is 15.8. The summed E-state index contributed by atoms with van der Waals surface area (Å²) in [6.45, 7) is 1.86. The van der Waals surface area contributed by atoms with E-state index in [1.54, 1.807) is 0 Å². The minimum Gasteiger partial charge on any atom is -0.368 e. The number of hydrogen-bond acceptors (Lipinski definition) is 6. The smallest absolute Gasteiger partial charge is 0.231 e. The molecule has 16 heavy (non-hydrogen) atoms. The number of nitrogen functional groups attached to an aromatic ring is 1. The van der Waals surface area contributed by atoms with Gasteiger partial charge >= 0.3 is 0 Å². The lowest BCUT2D eigenvalue weighted by Crippen LogP contribution is -2.25. The standard InChI is InChI=1S/C9H17ClN6/c1-15(2)5-4-6-16(3)9-13-7(10)12-8(11)14-9/h4-6H2,1-3H3,(H2,11,12,13,14). The summed E-state index contributed by atoms with van der Waals surface area (Å²) in [7, 11) is 5.98. The maximum Gasteiger partial charge on any atom is 0.231 e. The van der Waals surface area contributed by atoms with Crippen LogP contribution in [0.2, 0.25) is 5.28 Å². The van der Waals surface area contributed by atoms with E-state index in [2.05, 4.69) is 19.9 Å². The predicted molar refractivity (Wildman–Crippen MR) is 65.7 cm³/mol. The first-order valence-electron chi connectivity index (χ1n) is 5.02. The van der Waals surface area contributed by atoms with Gasteiger partial charge in [-0.15, -0.1) is 0 Å². The van der Waals surface area contributed by atoms with Crippen LogP contribution in [0.4, 0.5) is 11.9 Å². The van der Waals surface area contributed by atoms with Gasteiger partial charge in [-0.2, -0.15) is 15.0 Å². The summed E-state index contributed by atoms with van der Waals surface area (Å²) in [6.07, 6.45) is 1.02. The first kappa shape index (κ1) is 12.9. The molecule has 2 N–H and O–H groups in total. The molecular weight excluding hydrogens is 228 g/mol. The molecule has 0 aliphatic carbocycles. The Morgan fingerprint density at radius 3 is 2.38 bits per heavy atom.